The average Bonchev–Trinajstić information content (AvgIpc) is 2.93. The van der Waals surface area contributed by atoms with E-state index in [-0.39, 0.29) is 24.8 Å². The molecule has 0 aliphatic heterocycles. The molecular formula is C17H23Cl2Zr. The molecule has 0 aromatic heterocycles. The number of halogens is 2. The fourth-order valence-corrected chi connectivity index (χ4v) is 6.32. The largest absolute Gasteiger partial charge is 1.00 e. The molecule has 0 atom stereocenters. The first-order valence-electron chi connectivity index (χ1n) is 7.05. The molecule has 0 aromatic carbocycles. The maximum Gasteiger partial charge on any atom is -1.00 e. The van der Waals surface area contributed by atoms with Gasteiger partial charge in [-0.3, -0.25) is 0 Å². The summed E-state index contributed by atoms with van der Waals surface area (Å²) in [7, 11) is 0. The van der Waals surface area contributed by atoms with Crippen LogP contribution in [0.5, 0.6) is 0 Å². The first-order valence-corrected chi connectivity index (χ1v) is 9.50. The van der Waals surface area contributed by atoms with Crippen LogP contribution < -0.4 is 24.8 Å². The molecule has 0 bridgehead atoms. The zero-order chi connectivity index (χ0) is 13.1. The minimum Gasteiger partial charge on any atom is -1.00 e. The fraction of sp³-hybridized carbons (Fsp3) is 0.471. The predicted molar refractivity (Wildman–Crippen MR) is 77.4 cm³/mol. The van der Waals surface area contributed by atoms with E-state index in [4.69, 9.17) is 0 Å². The van der Waals surface area contributed by atoms with E-state index < -0.39 is 22.8 Å². The number of rotatable bonds is 4. The van der Waals surface area contributed by atoms with Gasteiger partial charge < -0.3 is 24.8 Å². The first-order chi connectivity index (χ1) is 8.67. The van der Waals surface area contributed by atoms with Gasteiger partial charge in [0.05, 0.1) is 0 Å². The summed E-state index contributed by atoms with van der Waals surface area (Å²) in [5.74, 6) is 0. The van der Waals surface area contributed by atoms with Crippen molar-refractivity contribution in [3.8, 4) is 0 Å². The molecule has 0 saturated carbocycles. The van der Waals surface area contributed by atoms with Crippen molar-refractivity contribution in [1.29, 1.82) is 0 Å². The van der Waals surface area contributed by atoms with Gasteiger partial charge in [0, 0.05) is 0 Å². The Labute approximate surface area is 147 Å². The molecular weight excluding hydrogens is 366 g/mol. The third kappa shape index (κ3) is 4.39. The monoisotopic (exact) mass is 387 g/mol. The van der Waals surface area contributed by atoms with Crippen LogP contribution in [0.4, 0.5) is 0 Å². The summed E-state index contributed by atoms with van der Waals surface area (Å²) >= 11 is -0.424. The van der Waals surface area contributed by atoms with Gasteiger partial charge in [-0.1, -0.05) is 0 Å². The Balaban J connectivity index is 0.00000180. The quantitative estimate of drug-likeness (QED) is 0.576. The van der Waals surface area contributed by atoms with Gasteiger partial charge in [0.25, 0.3) is 0 Å². The van der Waals surface area contributed by atoms with Crippen molar-refractivity contribution in [3.63, 3.8) is 0 Å². The summed E-state index contributed by atoms with van der Waals surface area (Å²) in [5, 5.41) is 0. The fourth-order valence-electron chi connectivity index (χ4n) is 3.01. The summed E-state index contributed by atoms with van der Waals surface area (Å²) in [5.41, 5.74) is 6.68. The molecule has 0 spiro atoms. The third-order valence-electron chi connectivity index (χ3n) is 3.71. The van der Waals surface area contributed by atoms with Gasteiger partial charge in [-0.2, -0.15) is 0 Å². The Morgan fingerprint density at radius 2 is 1.75 bits per heavy atom. The zero-order valence-corrected chi connectivity index (χ0v) is 16.8. The molecule has 109 valence electrons. The normalized spacial score (nSPS) is 16.7. The van der Waals surface area contributed by atoms with E-state index in [2.05, 4.69) is 45.9 Å². The molecule has 0 radical (unpaired) electrons. The molecule has 0 saturated heterocycles. The number of hydrogen-bond donors (Lipinski definition) is 0. The predicted octanol–water partition coefficient (Wildman–Crippen LogP) is -1.05. The molecule has 0 fully saturated rings. The van der Waals surface area contributed by atoms with Gasteiger partial charge in [-0.25, -0.2) is 0 Å². The van der Waals surface area contributed by atoms with Crippen molar-refractivity contribution in [1.82, 2.24) is 0 Å². The van der Waals surface area contributed by atoms with Crippen LogP contribution in [0.15, 0.2) is 43.8 Å². The molecule has 2 aliphatic carbocycles. The molecule has 3 heteroatoms. The molecule has 2 rings (SSSR count). The summed E-state index contributed by atoms with van der Waals surface area (Å²) in [6.45, 7) is 9.31. The molecule has 20 heavy (non-hydrogen) atoms. The topological polar surface area (TPSA) is 0 Å². The molecule has 0 unspecified atom stereocenters. The van der Waals surface area contributed by atoms with E-state index >= 15 is 0 Å². The second kappa shape index (κ2) is 9.34. The summed E-state index contributed by atoms with van der Waals surface area (Å²) < 4.78 is 3.55. The van der Waals surface area contributed by atoms with E-state index in [0.717, 1.165) is 6.42 Å². The van der Waals surface area contributed by atoms with Crippen molar-refractivity contribution in [2.24, 2.45) is 0 Å². The average molecular weight is 390 g/mol. The van der Waals surface area contributed by atoms with Crippen LogP contribution in [0.1, 0.15) is 53.4 Å². The molecule has 0 aromatic rings. The van der Waals surface area contributed by atoms with Crippen LogP contribution in [-0.2, 0) is 22.8 Å². The molecule has 0 amide bonds. The van der Waals surface area contributed by atoms with E-state index in [9.17, 15) is 0 Å². The van der Waals surface area contributed by atoms with E-state index in [1.165, 1.54) is 19.3 Å². The smallest absolute Gasteiger partial charge is 1.00 e. The first kappa shape index (κ1) is 20.3. The Hall–Kier alpha value is 0.293. The second-order valence-corrected chi connectivity index (χ2v) is 9.80. The van der Waals surface area contributed by atoms with E-state index in [0.29, 0.717) is 0 Å². The molecule has 0 nitrogen and oxygen atoms in total. The van der Waals surface area contributed by atoms with Crippen molar-refractivity contribution in [2.45, 2.75) is 53.4 Å². The Kier molecular flexibility index (Phi) is 9.48. The van der Waals surface area contributed by atoms with E-state index in [1.54, 1.807) is 25.5 Å². The van der Waals surface area contributed by atoms with E-state index in [1.807, 2.05) is 3.28 Å². The van der Waals surface area contributed by atoms with Crippen molar-refractivity contribution < 1.29 is 47.6 Å². The van der Waals surface area contributed by atoms with Gasteiger partial charge in [-0.15, -0.1) is 0 Å². The standard InChI is InChI=1S/C14H17.C3H6.2ClH.Zr/c1-3-11-9-10-14(13(11)4-2)12-7-5-6-8-12;1-3-2;;;/h5-7H,3-4,8,10H2,1-2H3;1-2H3;2*1H;/q;;;;+2/p-2. The maximum atomic E-state index is 2.33. The number of hydrogen-bond acceptors (Lipinski definition) is 0. The zero-order valence-electron chi connectivity index (χ0n) is 12.8. The maximum absolute atomic E-state index is 2.33. The van der Waals surface area contributed by atoms with Crippen LogP contribution in [-0.4, -0.2) is 3.21 Å². The Morgan fingerprint density at radius 1 is 1.10 bits per heavy atom. The van der Waals surface area contributed by atoms with Crippen molar-refractivity contribution >= 4 is 3.21 Å². The third-order valence-corrected chi connectivity index (χ3v) is 6.86. The SMILES string of the molecule is CCC1=[C]([Zr+2]=[C](C)C)CC(C2=CC=CC2)=C1CC.[Cl-].[Cl-]. The molecule has 0 heterocycles. The Bertz CT molecular complexity index is 501. The number of allylic oxidation sites excluding steroid dienone is 8. The van der Waals surface area contributed by atoms with Crippen molar-refractivity contribution in [2.75, 3.05) is 0 Å². The van der Waals surface area contributed by atoms with Crippen LogP contribution in [0, 0.1) is 0 Å². The Morgan fingerprint density at radius 3 is 2.20 bits per heavy atom. The summed E-state index contributed by atoms with van der Waals surface area (Å²) in [6.07, 6.45) is 11.7. The van der Waals surface area contributed by atoms with Gasteiger partial charge in [0.1, 0.15) is 0 Å². The molecule has 2 aliphatic rings. The van der Waals surface area contributed by atoms with Gasteiger partial charge in [0.15, 0.2) is 0 Å². The van der Waals surface area contributed by atoms with Crippen LogP contribution in [0.3, 0.4) is 0 Å². The van der Waals surface area contributed by atoms with Crippen LogP contribution in [0.25, 0.3) is 0 Å². The van der Waals surface area contributed by atoms with Crippen LogP contribution >= 0.6 is 0 Å². The van der Waals surface area contributed by atoms with Gasteiger partial charge in [-0.05, 0) is 0 Å². The van der Waals surface area contributed by atoms with Crippen LogP contribution in [0.2, 0.25) is 0 Å². The van der Waals surface area contributed by atoms with Gasteiger partial charge in [0.2, 0.25) is 0 Å². The summed E-state index contributed by atoms with van der Waals surface area (Å²) in [4.78, 5) is 0. The van der Waals surface area contributed by atoms with Crippen molar-refractivity contribution in [3.05, 3.63) is 43.8 Å². The summed E-state index contributed by atoms with van der Waals surface area (Å²) in [6, 6.07) is 0. The van der Waals surface area contributed by atoms with Gasteiger partial charge >= 0.3 is 123 Å². The minimum atomic E-state index is -0.424. The molecule has 0 N–H and O–H groups in total. The second-order valence-electron chi connectivity index (χ2n) is 5.25. The minimum absolute atomic E-state index is 0.